The SMILES string of the molecule is CCn1c(CN(C)C(=O)c2cc(C3CC3)nn2C(C)(C)C)nc2ccccc21. The predicted molar refractivity (Wildman–Crippen MR) is 110 cm³/mol. The monoisotopic (exact) mass is 379 g/mol. The molecule has 0 saturated heterocycles. The number of rotatable bonds is 5. The second-order valence-corrected chi connectivity index (χ2v) is 8.73. The van der Waals surface area contributed by atoms with E-state index in [1.807, 2.05) is 36.0 Å². The minimum atomic E-state index is -0.241. The number of hydrogen-bond acceptors (Lipinski definition) is 3. The third kappa shape index (κ3) is 3.32. The smallest absolute Gasteiger partial charge is 0.272 e. The van der Waals surface area contributed by atoms with E-state index in [0.717, 1.165) is 29.1 Å². The van der Waals surface area contributed by atoms with Crippen LogP contribution in [0.2, 0.25) is 0 Å². The lowest BCUT2D eigenvalue weighted by Gasteiger charge is -2.24. The maximum atomic E-state index is 13.3. The summed E-state index contributed by atoms with van der Waals surface area (Å²) in [4.78, 5) is 19.8. The average molecular weight is 380 g/mol. The van der Waals surface area contributed by atoms with Gasteiger partial charge < -0.3 is 9.47 Å². The minimum Gasteiger partial charge on any atom is -0.333 e. The van der Waals surface area contributed by atoms with Crippen LogP contribution < -0.4 is 0 Å². The van der Waals surface area contributed by atoms with E-state index in [1.165, 1.54) is 12.8 Å². The zero-order valence-electron chi connectivity index (χ0n) is 17.4. The molecule has 1 aliphatic carbocycles. The van der Waals surface area contributed by atoms with Crippen LogP contribution in [0.1, 0.15) is 68.5 Å². The number of hydrogen-bond donors (Lipinski definition) is 0. The molecule has 4 rings (SSSR count). The number of benzene rings is 1. The minimum absolute atomic E-state index is 0.0102. The van der Waals surface area contributed by atoms with E-state index in [0.29, 0.717) is 18.2 Å². The molecular weight excluding hydrogens is 350 g/mol. The van der Waals surface area contributed by atoms with Gasteiger partial charge in [0, 0.05) is 19.5 Å². The summed E-state index contributed by atoms with van der Waals surface area (Å²) in [7, 11) is 1.85. The summed E-state index contributed by atoms with van der Waals surface area (Å²) in [5.41, 5.74) is 3.55. The van der Waals surface area contributed by atoms with E-state index >= 15 is 0 Å². The third-order valence-corrected chi connectivity index (χ3v) is 5.35. The molecule has 28 heavy (non-hydrogen) atoms. The van der Waals surface area contributed by atoms with E-state index in [4.69, 9.17) is 10.1 Å². The Morgan fingerprint density at radius 3 is 2.61 bits per heavy atom. The first-order valence-electron chi connectivity index (χ1n) is 10.1. The standard InChI is InChI=1S/C22H29N5O/c1-6-26-18-10-8-7-9-16(18)23-20(26)14-25(5)21(28)19-13-17(15-11-12-15)24-27(19)22(2,3)4/h7-10,13,15H,6,11-12,14H2,1-5H3. The Morgan fingerprint density at radius 2 is 1.96 bits per heavy atom. The summed E-state index contributed by atoms with van der Waals surface area (Å²) in [5.74, 6) is 1.41. The van der Waals surface area contributed by atoms with E-state index in [9.17, 15) is 4.79 Å². The van der Waals surface area contributed by atoms with Gasteiger partial charge in [0.1, 0.15) is 11.5 Å². The van der Waals surface area contributed by atoms with Gasteiger partial charge in [-0.3, -0.25) is 9.48 Å². The number of aromatic nitrogens is 4. The molecule has 0 N–H and O–H groups in total. The first kappa shape index (κ1) is 18.7. The molecule has 1 aliphatic rings. The fraction of sp³-hybridized carbons (Fsp3) is 0.500. The Bertz CT molecular complexity index is 1020. The van der Waals surface area contributed by atoms with Gasteiger partial charge in [-0.25, -0.2) is 4.98 Å². The fourth-order valence-corrected chi connectivity index (χ4v) is 3.72. The van der Waals surface area contributed by atoms with Crippen molar-refractivity contribution >= 4 is 16.9 Å². The Hall–Kier alpha value is -2.63. The molecule has 1 saturated carbocycles. The van der Waals surface area contributed by atoms with Gasteiger partial charge in [0.05, 0.1) is 28.8 Å². The molecule has 3 aromatic rings. The summed E-state index contributed by atoms with van der Waals surface area (Å²) >= 11 is 0. The van der Waals surface area contributed by atoms with Gasteiger partial charge in [0.15, 0.2) is 0 Å². The lowest BCUT2D eigenvalue weighted by Crippen LogP contribution is -2.34. The van der Waals surface area contributed by atoms with Crippen molar-refractivity contribution in [1.29, 1.82) is 0 Å². The number of carbonyl (C=O) groups is 1. The van der Waals surface area contributed by atoms with Crippen LogP contribution in [0.25, 0.3) is 11.0 Å². The number of para-hydroxylation sites is 2. The highest BCUT2D eigenvalue weighted by molar-refractivity contribution is 5.92. The highest BCUT2D eigenvalue weighted by atomic mass is 16.2. The first-order valence-corrected chi connectivity index (χ1v) is 10.1. The summed E-state index contributed by atoms with van der Waals surface area (Å²) in [5, 5.41) is 4.77. The van der Waals surface area contributed by atoms with Gasteiger partial charge in [-0.15, -0.1) is 0 Å². The molecule has 1 amide bonds. The maximum absolute atomic E-state index is 13.3. The van der Waals surface area contributed by atoms with Crippen molar-refractivity contribution in [2.24, 2.45) is 0 Å². The zero-order valence-corrected chi connectivity index (χ0v) is 17.4. The lowest BCUT2D eigenvalue weighted by molar-refractivity contribution is 0.0759. The van der Waals surface area contributed by atoms with E-state index in [2.05, 4.69) is 38.3 Å². The topological polar surface area (TPSA) is 56.0 Å². The Kier molecular flexibility index (Phi) is 4.52. The van der Waals surface area contributed by atoms with Gasteiger partial charge in [-0.2, -0.15) is 5.10 Å². The van der Waals surface area contributed by atoms with Crippen LogP contribution in [0.3, 0.4) is 0 Å². The van der Waals surface area contributed by atoms with Crippen molar-refractivity contribution in [3.63, 3.8) is 0 Å². The summed E-state index contributed by atoms with van der Waals surface area (Å²) in [6.07, 6.45) is 2.34. The molecule has 1 fully saturated rings. The summed E-state index contributed by atoms with van der Waals surface area (Å²) in [6.45, 7) is 9.66. The molecule has 1 aromatic carbocycles. The van der Waals surface area contributed by atoms with E-state index < -0.39 is 0 Å². The highest BCUT2D eigenvalue weighted by Gasteiger charge is 2.32. The third-order valence-electron chi connectivity index (χ3n) is 5.35. The summed E-state index contributed by atoms with van der Waals surface area (Å²) in [6, 6.07) is 10.1. The normalized spacial score (nSPS) is 14.6. The van der Waals surface area contributed by atoms with Crippen LogP contribution in [0.4, 0.5) is 0 Å². The van der Waals surface area contributed by atoms with Crippen molar-refractivity contribution in [1.82, 2.24) is 24.2 Å². The highest BCUT2D eigenvalue weighted by Crippen LogP contribution is 2.40. The molecule has 0 atom stereocenters. The van der Waals surface area contributed by atoms with Crippen molar-refractivity contribution in [3.8, 4) is 0 Å². The van der Waals surface area contributed by atoms with Crippen LogP contribution in [0.5, 0.6) is 0 Å². The number of amides is 1. The van der Waals surface area contributed by atoms with Crippen LogP contribution in [-0.4, -0.2) is 37.2 Å². The molecular formula is C22H29N5O. The molecule has 0 aliphatic heterocycles. The quantitative estimate of drug-likeness (QED) is 0.669. The van der Waals surface area contributed by atoms with Crippen LogP contribution in [0, 0.1) is 0 Å². The van der Waals surface area contributed by atoms with Gasteiger partial charge >= 0.3 is 0 Å². The number of carbonyl (C=O) groups excluding carboxylic acids is 1. The van der Waals surface area contributed by atoms with Crippen LogP contribution in [-0.2, 0) is 18.6 Å². The molecule has 0 unspecified atom stereocenters. The number of nitrogens with zero attached hydrogens (tertiary/aromatic N) is 5. The Balaban J connectivity index is 1.64. The molecule has 2 aromatic heterocycles. The molecule has 0 radical (unpaired) electrons. The Morgan fingerprint density at radius 1 is 1.25 bits per heavy atom. The average Bonchev–Trinajstić information content (AvgIpc) is 3.29. The van der Waals surface area contributed by atoms with Crippen LogP contribution >= 0.6 is 0 Å². The van der Waals surface area contributed by atoms with E-state index in [1.54, 1.807) is 4.90 Å². The lowest BCUT2D eigenvalue weighted by atomic mass is 10.1. The first-order chi connectivity index (χ1) is 13.3. The molecule has 6 heteroatoms. The van der Waals surface area contributed by atoms with Crippen molar-refractivity contribution < 1.29 is 4.79 Å². The number of imidazole rings is 1. The molecule has 148 valence electrons. The van der Waals surface area contributed by atoms with Crippen LogP contribution in [0.15, 0.2) is 30.3 Å². The van der Waals surface area contributed by atoms with Gasteiger partial charge in [-0.1, -0.05) is 12.1 Å². The molecule has 6 nitrogen and oxygen atoms in total. The van der Waals surface area contributed by atoms with Crippen molar-refractivity contribution in [2.75, 3.05) is 7.05 Å². The van der Waals surface area contributed by atoms with Crippen molar-refractivity contribution in [3.05, 3.63) is 47.5 Å². The molecule has 0 bridgehead atoms. The fourth-order valence-electron chi connectivity index (χ4n) is 3.72. The van der Waals surface area contributed by atoms with Gasteiger partial charge in [-0.05, 0) is 58.7 Å². The zero-order chi connectivity index (χ0) is 20.1. The molecule has 2 heterocycles. The second kappa shape index (κ2) is 6.76. The number of aryl methyl sites for hydroxylation is 1. The van der Waals surface area contributed by atoms with Gasteiger partial charge in [0.2, 0.25) is 0 Å². The maximum Gasteiger partial charge on any atom is 0.272 e. The predicted octanol–water partition coefficient (Wildman–Crippen LogP) is 4.16. The van der Waals surface area contributed by atoms with Gasteiger partial charge in [0.25, 0.3) is 5.91 Å². The van der Waals surface area contributed by atoms with E-state index in [-0.39, 0.29) is 11.4 Å². The second-order valence-electron chi connectivity index (χ2n) is 8.73. The largest absolute Gasteiger partial charge is 0.333 e. The van der Waals surface area contributed by atoms with Crippen molar-refractivity contribution in [2.45, 2.75) is 65.1 Å². The number of fused-ring (bicyclic) bond motifs is 1. The molecule has 0 spiro atoms. The summed E-state index contributed by atoms with van der Waals surface area (Å²) < 4.78 is 4.07. The Labute approximate surface area is 166 Å².